The van der Waals surface area contributed by atoms with Crippen molar-refractivity contribution in [2.75, 3.05) is 31.3 Å². The van der Waals surface area contributed by atoms with Crippen LogP contribution in [0.1, 0.15) is 91.5 Å². The van der Waals surface area contributed by atoms with Crippen molar-refractivity contribution in [2.24, 2.45) is 5.92 Å². The number of hydrogen-bond donors (Lipinski definition) is 2. The van der Waals surface area contributed by atoms with E-state index in [9.17, 15) is 19.2 Å². The lowest BCUT2D eigenvalue weighted by Gasteiger charge is -2.28. The van der Waals surface area contributed by atoms with E-state index in [0.717, 1.165) is 48.1 Å². The number of fused-ring (bicyclic) bond motifs is 5. The number of para-hydroxylation sites is 1. The molecule has 1 aliphatic rings. The number of aromatic nitrogens is 3. The lowest BCUT2D eigenvalue weighted by atomic mass is 9.95. The zero-order valence-electron chi connectivity index (χ0n) is 31.5. The Labute approximate surface area is 308 Å². The largest absolute Gasteiger partial charge is 0.464 e. The van der Waals surface area contributed by atoms with E-state index < -0.39 is 0 Å². The van der Waals surface area contributed by atoms with E-state index in [1.54, 1.807) is 9.58 Å². The standard InChI is InChI=1S/C40H56N6O6/c1-6-24-51-25-21-35(47)41-22-20-36(48)45-27-30-14-10-11-15-31(30)39-38(32-16-12-13-18-34(32)45)43-44-46(39)23-26-52-37(49)19-9-7-8-17-33(42-29(4)5)40(50)28(2)3/h10-16,18,28-29,33,42H,6-9,17,19-27H2,1-5H3,(H,41,47). The molecule has 0 bridgehead atoms. The number of nitrogens with zero attached hydrogens (tertiary/aromatic N) is 4. The Hall–Kier alpha value is -4.42. The molecule has 4 rings (SSSR count). The highest BCUT2D eigenvalue weighted by molar-refractivity contribution is 6.00. The fraction of sp³-hybridized carbons (Fsp3) is 0.550. The number of Topliss-reactive ketones (excluding diaryl/α,β-unsaturated/α-hetero) is 1. The lowest BCUT2D eigenvalue weighted by Crippen LogP contribution is -2.42. The lowest BCUT2D eigenvalue weighted by molar-refractivity contribution is -0.144. The quantitative estimate of drug-likeness (QED) is 0.102. The predicted octanol–water partition coefficient (Wildman–Crippen LogP) is 5.87. The first-order valence-electron chi connectivity index (χ1n) is 18.8. The number of unbranched alkanes of at least 4 members (excludes halogenated alkanes) is 2. The molecule has 1 atom stereocenters. The smallest absolute Gasteiger partial charge is 0.305 e. The van der Waals surface area contributed by atoms with Crippen LogP contribution in [0.4, 0.5) is 5.69 Å². The Morgan fingerprint density at radius 2 is 1.62 bits per heavy atom. The fourth-order valence-electron chi connectivity index (χ4n) is 6.36. The summed E-state index contributed by atoms with van der Waals surface area (Å²) < 4.78 is 12.8. The number of ether oxygens (including phenoxy) is 2. The van der Waals surface area contributed by atoms with Gasteiger partial charge in [-0.1, -0.05) is 95.1 Å². The van der Waals surface area contributed by atoms with Crippen molar-refractivity contribution in [2.45, 2.75) is 111 Å². The summed E-state index contributed by atoms with van der Waals surface area (Å²) in [5, 5.41) is 15.3. The third-order valence-corrected chi connectivity index (χ3v) is 8.96. The van der Waals surface area contributed by atoms with Gasteiger partial charge in [-0.15, -0.1) is 5.10 Å². The number of benzene rings is 2. The van der Waals surface area contributed by atoms with E-state index >= 15 is 0 Å². The molecule has 3 aromatic rings. The van der Waals surface area contributed by atoms with E-state index in [2.05, 4.69) is 20.9 Å². The maximum absolute atomic E-state index is 13.7. The Bertz CT molecular complexity index is 1640. The fourth-order valence-corrected chi connectivity index (χ4v) is 6.36. The summed E-state index contributed by atoms with van der Waals surface area (Å²) in [6.07, 6.45) is 4.75. The van der Waals surface area contributed by atoms with Gasteiger partial charge in [0.2, 0.25) is 11.8 Å². The molecule has 52 heavy (non-hydrogen) atoms. The van der Waals surface area contributed by atoms with E-state index in [1.807, 2.05) is 83.1 Å². The molecular formula is C40H56N6O6. The summed E-state index contributed by atoms with van der Waals surface area (Å²) in [7, 11) is 0. The van der Waals surface area contributed by atoms with Crippen molar-refractivity contribution < 1.29 is 28.7 Å². The monoisotopic (exact) mass is 716 g/mol. The second-order valence-electron chi connectivity index (χ2n) is 13.9. The second-order valence-corrected chi connectivity index (χ2v) is 13.9. The zero-order valence-corrected chi connectivity index (χ0v) is 31.5. The molecule has 282 valence electrons. The van der Waals surface area contributed by atoms with E-state index in [0.29, 0.717) is 50.5 Å². The summed E-state index contributed by atoms with van der Waals surface area (Å²) >= 11 is 0. The molecule has 1 aliphatic heterocycles. The van der Waals surface area contributed by atoms with Crippen LogP contribution in [-0.2, 0) is 41.7 Å². The number of anilines is 1. The molecule has 12 heteroatoms. The number of carbonyl (C=O) groups excluding carboxylic acids is 4. The molecule has 0 spiro atoms. The van der Waals surface area contributed by atoms with Crippen LogP contribution in [0.3, 0.4) is 0 Å². The molecule has 1 unspecified atom stereocenters. The number of rotatable bonds is 21. The first-order chi connectivity index (χ1) is 25.1. The van der Waals surface area contributed by atoms with Gasteiger partial charge in [0.25, 0.3) is 0 Å². The van der Waals surface area contributed by atoms with Crippen molar-refractivity contribution in [3.63, 3.8) is 0 Å². The summed E-state index contributed by atoms with van der Waals surface area (Å²) in [6.45, 7) is 11.9. The van der Waals surface area contributed by atoms with Gasteiger partial charge in [0.05, 0.1) is 37.1 Å². The summed E-state index contributed by atoms with van der Waals surface area (Å²) in [6, 6.07) is 15.6. The Morgan fingerprint density at radius 3 is 2.37 bits per heavy atom. The minimum Gasteiger partial charge on any atom is -0.464 e. The number of nitrogens with one attached hydrogen (secondary N) is 2. The minimum atomic E-state index is -0.265. The number of esters is 1. The average molecular weight is 717 g/mol. The number of amides is 2. The third-order valence-electron chi connectivity index (χ3n) is 8.96. The van der Waals surface area contributed by atoms with Gasteiger partial charge in [0.1, 0.15) is 12.3 Å². The molecule has 0 saturated carbocycles. The first kappa shape index (κ1) is 40.4. The van der Waals surface area contributed by atoms with E-state index in [4.69, 9.17) is 9.47 Å². The molecule has 0 saturated heterocycles. The van der Waals surface area contributed by atoms with Crippen molar-refractivity contribution in [3.8, 4) is 22.5 Å². The average Bonchev–Trinajstić information content (AvgIpc) is 3.53. The Kier molecular flexibility index (Phi) is 16.0. The molecular weight excluding hydrogens is 660 g/mol. The third kappa shape index (κ3) is 11.5. The number of hydrogen-bond acceptors (Lipinski definition) is 9. The van der Waals surface area contributed by atoms with Crippen LogP contribution in [0.25, 0.3) is 22.5 Å². The van der Waals surface area contributed by atoms with Gasteiger partial charge in [-0.25, -0.2) is 4.68 Å². The van der Waals surface area contributed by atoms with Crippen LogP contribution in [0.15, 0.2) is 48.5 Å². The second kappa shape index (κ2) is 20.6. The SMILES string of the molecule is CCCOCCC(=O)NCCC(=O)N1Cc2ccccc2-c2c(nnn2CCOC(=O)CCCCCC(NC(C)C)C(=O)C(C)C)-c2ccccc21. The molecule has 2 N–H and O–H groups in total. The normalized spacial score (nSPS) is 12.8. The summed E-state index contributed by atoms with van der Waals surface area (Å²) in [4.78, 5) is 52.9. The van der Waals surface area contributed by atoms with E-state index in [-0.39, 0.29) is 67.6 Å². The number of ketones is 1. The van der Waals surface area contributed by atoms with Gasteiger partial charge in [0.15, 0.2) is 5.78 Å². The molecule has 2 amide bonds. The van der Waals surface area contributed by atoms with Crippen LogP contribution >= 0.6 is 0 Å². The van der Waals surface area contributed by atoms with Gasteiger partial charge >= 0.3 is 5.97 Å². The van der Waals surface area contributed by atoms with Gasteiger partial charge in [-0.2, -0.15) is 0 Å². The van der Waals surface area contributed by atoms with Crippen LogP contribution < -0.4 is 15.5 Å². The Morgan fingerprint density at radius 1 is 0.865 bits per heavy atom. The van der Waals surface area contributed by atoms with Crippen LogP contribution in [0, 0.1) is 5.92 Å². The highest BCUT2D eigenvalue weighted by Gasteiger charge is 2.29. The van der Waals surface area contributed by atoms with Crippen molar-refractivity contribution in [1.82, 2.24) is 25.6 Å². The topological polar surface area (TPSA) is 145 Å². The minimum absolute atomic E-state index is 0.0178. The molecule has 2 aromatic carbocycles. The van der Waals surface area contributed by atoms with Gasteiger partial charge in [0, 0.05) is 55.5 Å². The molecule has 2 heterocycles. The summed E-state index contributed by atoms with van der Waals surface area (Å²) in [5.74, 6) is -0.319. The van der Waals surface area contributed by atoms with Gasteiger partial charge < -0.3 is 25.0 Å². The predicted molar refractivity (Wildman–Crippen MR) is 201 cm³/mol. The van der Waals surface area contributed by atoms with Crippen LogP contribution in [0.5, 0.6) is 0 Å². The van der Waals surface area contributed by atoms with E-state index in [1.165, 1.54) is 0 Å². The van der Waals surface area contributed by atoms with Gasteiger partial charge in [-0.05, 0) is 30.9 Å². The van der Waals surface area contributed by atoms with Gasteiger partial charge in [-0.3, -0.25) is 19.2 Å². The van der Waals surface area contributed by atoms with Crippen molar-refractivity contribution in [3.05, 3.63) is 54.1 Å². The van der Waals surface area contributed by atoms with Crippen LogP contribution in [-0.4, -0.2) is 77.0 Å². The molecule has 1 aromatic heterocycles. The highest BCUT2D eigenvalue weighted by atomic mass is 16.5. The highest BCUT2D eigenvalue weighted by Crippen LogP contribution is 2.41. The molecule has 0 radical (unpaired) electrons. The maximum Gasteiger partial charge on any atom is 0.305 e. The first-order valence-corrected chi connectivity index (χ1v) is 18.8. The Balaban J connectivity index is 1.37. The zero-order chi connectivity index (χ0) is 37.5. The van der Waals surface area contributed by atoms with Crippen molar-refractivity contribution in [1.29, 1.82) is 0 Å². The van der Waals surface area contributed by atoms with Crippen molar-refractivity contribution >= 4 is 29.3 Å². The number of carbonyl (C=O) groups is 4. The maximum atomic E-state index is 13.7. The molecule has 0 aliphatic carbocycles. The molecule has 0 fully saturated rings. The summed E-state index contributed by atoms with van der Waals surface area (Å²) in [5.41, 5.74) is 4.72. The van der Waals surface area contributed by atoms with Crippen LogP contribution in [0.2, 0.25) is 0 Å². The molecule has 12 nitrogen and oxygen atoms in total.